The average molecular weight is 409 g/mol. The Hall–Kier alpha value is -1.67. The third kappa shape index (κ3) is 4.49. The third-order valence-electron chi connectivity index (χ3n) is 4.92. The lowest BCUT2D eigenvalue weighted by molar-refractivity contribution is -0.231. The molecular formula is C21H25ClO6. The van der Waals surface area contributed by atoms with Crippen molar-refractivity contribution >= 4 is 11.6 Å². The third-order valence-corrected chi connectivity index (χ3v) is 5.29. The molecule has 1 aliphatic rings. The van der Waals surface area contributed by atoms with Gasteiger partial charge in [0.25, 0.3) is 0 Å². The molecule has 0 spiro atoms. The molecule has 0 aromatic heterocycles. The fraction of sp³-hybridized carbons (Fsp3) is 0.429. The van der Waals surface area contributed by atoms with Crippen LogP contribution in [0.25, 0.3) is 0 Å². The van der Waals surface area contributed by atoms with Crippen molar-refractivity contribution in [1.29, 1.82) is 0 Å². The van der Waals surface area contributed by atoms with Crippen LogP contribution in [0.2, 0.25) is 5.02 Å². The van der Waals surface area contributed by atoms with Crippen molar-refractivity contribution < 1.29 is 29.9 Å². The number of benzene rings is 2. The smallest absolute Gasteiger partial charge is 0.119 e. The number of hydrogen-bond acceptors (Lipinski definition) is 6. The van der Waals surface area contributed by atoms with Crippen molar-refractivity contribution in [3.8, 4) is 5.75 Å². The Balaban J connectivity index is 1.82. The Morgan fingerprint density at radius 2 is 1.71 bits per heavy atom. The molecular weight excluding hydrogens is 384 g/mol. The fourth-order valence-electron chi connectivity index (χ4n) is 3.37. The van der Waals surface area contributed by atoms with E-state index in [9.17, 15) is 20.4 Å². The number of halogens is 1. The van der Waals surface area contributed by atoms with Crippen LogP contribution in [-0.2, 0) is 11.2 Å². The van der Waals surface area contributed by atoms with Crippen molar-refractivity contribution in [3.05, 3.63) is 64.2 Å². The van der Waals surface area contributed by atoms with E-state index in [1.165, 1.54) is 0 Å². The van der Waals surface area contributed by atoms with Gasteiger partial charge < -0.3 is 29.9 Å². The van der Waals surface area contributed by atoms with Crippen LogP contribution in [0.15, 0.2) is 42.5 Å². The van der Waals surface area contributed by atoms with E-state index in [0.29, 0.717) is 23.6 Å². The van der Waals surface area contributed by atoms with Gasteiger partial charge in [-0.1, -0.05) is 35.9 Å². The molecule has 2 aromatic rings. The largest absolute Gasteiger partial charge is 0.494 e. The van der Waals surface area contributed by atoms with Crippen LogP contribution in [0, 0.1) is 0 Å². The molecule has 152 valence electrons. The van der Waals surface area contributed by atoms with Crippen LogP contribution >= 0.6 is 11.6 Å². The van der Waals surface area contributed by atoms with Gasteiger partial charge in [-0.25, -0.2) is 0 Å². The van der Waals surface area contributed by atoms with Crippen LogP contribution in [0.1, 0.15) is 29.7 Å². The van der Waals surface area contributed by atoms with Gasteiger partial charge in [0.15, 0.2) is 0 Å². The summed E-state index contributed by atoms with van der Waals surface area (Å²) in [7, 11) is 0. The summed E-state index contributed by atoms with van der Waals surface area (Å²) in [6.07, 6.45) is -5.39. The van der Waals surface area contributed by atoms with E-state index in [1.807, 2.05) is 37.3 Å². The molecule has 0 saturated carbocycles. The molecule has 1 saturated heterocycles. The van der Waals surface area contributed by atoms with Crippen molar-refractivity contribution in [2.75, 3.05) is 13.2 Å². The lowest BCUT2D eigenvalue weighted by atomic mass is 9.90. The van der Waals surface area contributed by atoms with E-state index >= 15 is 0 Å². The summed E-state index contributed by atoms with van der Waals surface area (Å²) in [6.45, 7) is 2.07. The first-order valence-electron chi connectivity index (χ1n) is 9.25. The van der Waals surface area contributed by atoms with Crippen molar-refractivity contribution in [2.24, 2.45) is 0 Å². The lowest BCUT2D eigenvalue weighted by Crippen LogP contribution is -2.55. The SMILES string of the molecule is CCOc1ccc(Cc2cc(C3OC(CO)[C@@H](O)[C@H](O)[C@H]3O)ccc2Cl)cc1. The van der Waals surface area contributed by atoms with Crippen LogP contribution in [0.3, 0.4) is 0 Å². The molecule has 1 heterocycles. The normalized spacial score (nSPS) is 27.6. The Morgan fingerprint density at radius 1 is 1.00 bits per heavy atom. The number of hydrogen-bond donors (Lipinski definition) is 4. The Kier molecular flexibility index (Phi) is 6.93. The summed E-state index contributed by atoms with van der Waals surface area (Å²) < 4.78 is 11.1. The zero-order valence-corrected chi connectivity index (χ0v) is 16.3. The Morgan fingerprint density at radius 3 is 2.36 bits per heavy atom. The lowest BCUT2D eigenvalue weighted by Gasteiger charge is -2.40. The van der Waals surface area contributed by atoms with Gasteiger partial charge in [-0.2, -0.15) is 0 Å². The quantitative estimate of drug-likeness (QED) is 0.582. The maximum atomic E-state index is 10.3. The molecule has 4 N–H and O–H groups in total. The molecule has 1 aliphatic heterocycles. The highest BCUT2D eigenvalue weighted by atomic mass is 35.5. The van der Waals surface area contributed by atoms with Crippen LogP contribution < -0.4 is 4.74 Å². The number of aliphatic hydroxyl groups excluding tert-OH is 4. The van der Waals surface area contributed by atoms with Gasteiger partial charge in [0.2, 0.25) is 0 Å². The standard InChI is InChI=1S/C21H25ClO6/c1-2-27-15-6-3-12(4-7-15)9-14-10-13(5-8-16(14)22)21-20(26)19(25)18(24)17(11-23)28-21/h3-8,10,17-21,23-26H,2,9,11H2,1H3/t17?,18-,19+,20-,21?/m1/s1. The molecule has 7 heteroatoms. The molecule has 0 bridgehead atoms. The van der Waals surface area contributed by atoms with Crippen LogP contribution in [-0.4, -0.2) is 58.1 Å². The highest BCUT2D eigenvalue weighted by Gasteiger charge is 2.43. The molecule has 2 unspecified atom stereocenters. The van der Waals surface area contributed by atoms with Crippen molar-refractivity contribution in [2.45, 2.75) is 43.9 Å². The van der Waals surface area contributed by atoms with Crippen molar-refractivity contribution in [1.82, 2.24) is 0 Å². The minimum atomic E-state index is -1.42. The predicted octanol–water partition coefficient (Wildman–Crippen LogP) is 1.84. The predicted molar refractivity (Wildman–Crippen MR) is 105 cm³/mol. The first-order valence-corrected chi connectivity index (χ1v) is 9.63. The van der Waals surface area contributed by atoms with Crippen LogP contribution in [0.5, 0.6) is 5.75 Å². The minimum absolute atomic E-state index is 0.464. The van der Waals surface area contributed by atoms with Gasteiger partial charge in [0, 0.05) is 5.02 Å². The topological polar surface area (TPSA) is 99.4 Å². The second kappa shape index (κ2) is 9.22. The van der Waals surface area contributed by atoms with Crippen molar-refractivity contribution in [3.63, 3.8) is 0 Å². The van der Waals surface area contributed by atoms with E-state index < -0.39 is 37.1 Å². The number of aliphatic hydroxyl groups is 4. The maximum absolute atomic E-state index is 10.3. The molecule has 0 aliphatic carbocycles. The van der Waals surface area contributed by atoms with E-state index in [-0.39, 0.29) is 0 Å². The molecule has 0 amide bonds. The van der Waals surface area contributed by atoms with Gasteiger partial charge in [-0.3, -0.25) is 0 Å². The second-order valence-electron chi connectivity index (χ2n) is 6.85. The molecule has 1 fully saturated rings. The minimum Gasteiger partial charge on any atom is -0.494 e. The van der Waals surface area contributed by atoms with Gasteiger partial charge in [0.1, 0.15) is 36.3 Å². The van der Waals surface area contributed by atoms with Gasteiger partial charge in [-0.05, 0) is 48.2 Å². The summed E-state index contributed by atoms with van der Waals surface area (Å²) in [5.74, 6) is 0.799. The summed E-state index contributed by atoms with van der Waals surface area (Å²) in [6, 6.07) is 12.9. The van der Waals surface area contributed by atoms with Gasteiger partial charge >= 0.3 is 0 Å². The first-order chi connectivity index (χ1) is 13.4. The maximum Gasteiger partial charge on any atom is 0.119 e. The highest BCUT2D eigenvalue weighted by Crippen LogP contribution is 2.34. The number of ether oxygens (including phenoxy) is 2. The summed E-state index contributed by atoms with van der Waals surface area (Å²) >= 11 is 6.35. The summed E-state index contributed by atoms with van der Waals surface area (Å²) in [4.78, 5) is 0. The van der Waals surface area contributed by atoms with E-state index in [2.05, 4.69) is 0 Å². The molecule has 28 heavy (non-hydrogen) atoms. The zero-order chi connectivity index (χ0) is 20.3. The second-order valence-corrected chi connectivity index (χ2v) is 7.26. The summed E-state index contributed by atoms with van der Waals surface area (Å²) in [5, 5.41) is 40.3. The number of rotatable bonds is 6. The average Bonchev–Trinajstić information content (AvgIpc) is 2.70. The fourth-order valence-corrected chi connectivity index (χ4v) is 3.56. The summed E-state index contributed by atoms with van der Waals surface area (Å²) in [5.41, 5.74) is 2.49. The first kappa shape index (κ1) is 21.0. The van der Waals surface area contributed by atoms with Gasteiger partial charge in [-0.15, -0.1) is 0 Å². The molecule has 3 rings (SSSR count). The molecule has 2 aromatic carbocycles. The highest BCUT2D eigenvalue weighted by molar-refractivity contribution is 6.31. The molecule has 0 radical (unpaired) electrons. The van der Waals surface area contributed by atoms with Crippen LogP contribution in [0.4, 0.5) is 0 Å². The van der Waals surface area contributed by atoms with E-state index in [4.69, 9.17) is 21.1 Å². The Labute approximate surface area is 168 Å². The Bertz CT molecular complexity index is 779. The molecule has 6 nitrogen and oxygen atoms in total. The monoisotopic (exact) mass is 408 g/mol. The van der Waals surface area contributed by atoms with E-state index in [0.717, 1.165) is 16.9 Å². The van der Waals surface area contributed by atoms with Gasteiger partial charge in [0.05, 0.1) is 13.2 Å². The van der Waals surface area contributed by atoms with E-state index in [1.54, 1.807) is 12.1 Å². The molecule has 5 atom stereocenters. The zero-order valence-electron chi connectivity index (χ0n) is 15.5.